The first-order valence-corrected chi connectivity index (χ1v) is 4.08. The first kappa shape index (κ1) is 8.47. The molecule has 0 aromatic carbocycles. The van der Waals surface area contributed by atoms with Crippen LogP contribution in [0.25, 0.3) is 0 Å². The molecule has 0 radical (unpaired) electrons. The lowest BCUT2D eigenvalue weighted by molar-refractivity contribution is 0.0978. The molecule has 0 atom stereocenters. The Labute approximate surface area is 73.9 Å². The Morgan fingerprint density at radius 3 is 2.46 bits per heavy atom. The summed E-state index contributed by atoms with van der Waals surface area (Å²) in [6, 6.07) is 0. The third-order valence-corrected chi connectivity index (χ3v) is 2.64. The number of nitrogen functional groups attached to an aromatic ring is 1. The molecule has 0 aliphatic heterocycles. The molecule has 2 N–H and O–H groups in total. The van der Waals surface area contributed by atoms with Crippen LogP contribution in [-0.4, -0.2) is 11.6 Å². The Morgan fingerprint density at radius 1 is 1.54 bits per heavy atom. The Kier molecular flexibility index (Phi) is 1.58. The maximum Gasteiger partial charge on any atom is 0.249 e. The van der Waals surface area contributed by atoms with Crippen molar-refractivity contribution in [2.45, 2.75) is 31.6 Å². The van der Waals surface area contributed by atoms with Crippen molar-refractivity contribution in [2.24, 2.45) is 0 Å². The third-order valence-electron chi connectivity index (χ3n) is 2.64. The van der Waals surface area contributed by atoms with Crippen LogP contribution in [0, 0.1) is 6.92 Å². The molecule has 13 heavy (non-hydrogen) atoms. The highest BCUT2D eigenvalue weighted by molar-refractivity contribution is 5.43. The van der Waals surface area contributed by atoms with Gasteiger partial charge >= 0.3 is 0 Å². The Morgan fingerprint density at radius 2 is 2.15 bits per heavy atom. The van der Waals surface area contributed by atoms with Crippen molar-refractivity contribution < 1.29 is 13.3 Å². The second-order valence-electron chi connectivity index (χ2n) is 3.48. The SMILES string of the molecule is Cc1c(C2(C(F)F)CC2)noc1N. The summed E-state index contributed by atoms with van der Waals surface area (Å²) in [4.78, 5) is 0. The van der Waals surface area contributed by atoms with Crippen molar-refractivity contribution >= 4 is 5.88 Å². The van der Waals surface area contributed by atoms with Gasteiger partial charge < -0.3 is 10.3 Å². The van der Waals surface area contributed by atoms with Crippen molar-refractivity contribution in [2.75, 3.05) is 5.73 Å². The molecule has 1 heterocycles. The van der Waals surface area contributed by atoms with Crippen LogP contribution < -0.4 is 5.73 Å². The molecule has 1 aromatic rings. The van der Waals surface area contributed by atoms with Gasteiger partial charge in [0.2, 0.25) is 12.3 Å². The molecule has 72 valence electrons. The number of rotatable bonds is 2. The van der Waals surface area contributed by atoms with E-state index in [4.69, 9.17) is 5.73 Å². The maximum absolute atomic E-state index is 12.6. The molecule has 1 fully saturated rings. The minimum absolute atomic E-state index is 0.141. The van der Waals surface area contributed by atoms with Gasteiger partial charge in [-0.3, -0.25) is 0 Å². The average Bonchev–Trinajstić information content (AvgIpc) is 2.80. The van der Waals surface area contributed by atoms with Crippen LogP contribution in [-0.2, 0) is 5.41 Å². The number of hydrogen-bond donors (Lipinski definition) is 1. The monoisotopic (exact) mass is 188 g/mol. The van der Waals surface area contributed by atoms with Crippen molar-refractivity contribution in [3.63, 3.8) is 0 Å². The van der Waals surface area contributed by atoms with Crippen LogP contribution in [0.2, 0.25) is 0 Å². The van der Waals surface area contributed by atoms with Gasteiger partial charge in [-0.25, -0.2) is 8.78 Å². The molecule has 0 bridgehead atoms. The van der Waals surface area contributed by atoms with E-state index in [1.807, 2.05) is 0 Å². The molecule has 1 saturated carbocycles. The summed E-state index contributed by atoms with van der Waals surface area (Å²) >= 11 is 0. The molecular weight excluding hydrogens is 178 g/mol. The number of nitrogens with zero attached hydrogens (tertiary/aromatic N) is 1. The number of alkyl halides is 2. The fourth-order valence-electron chi connectivity index (χ4n) is 1.51. The molecule has 2 rings (SSSR count). The normalized spacial score (nSPS) is 19.4. The Bertz CT molecular complexity index is 331. The summed E-state index contributed by atoms with van der Waals surface area (Å²) in [5.41, 5.74) is 5.21. The molecule has 0 unspecified atom stereocenters. The molecule has 3 nitrogen and oxygen atoms in total. The Hall–Kier alpha value is -1.13. The first-order valence-electron chi connectivity index (χ1n) is 4.08. The molecule has 0 saturated heterocycles. The van der Waals surface area contributed by atoms with E-state index in [1.165, 1.54) is 0 Å². The fourth-order valence-corrected chi connectivity index (χ4v) is 1.51. The van der Waals surface area contributed by atoms with Crippen molar-refractivity contribution in [3.8, 4) is 0 Å². The molecular formula is C8H10F2N2O. The van der Waals surface area contributed by atoms with E-state index in [1.54, 1.807) is 6.92 Å². The quantitative estimate of drug-likeness (QED) is 0.770. The van der Waals surface area contributed by atoms with Crippen LogP contribution in [0.15, 0.2) is 4.52 Å². The minimum Gasteiger partial charge on any atom is -0.367 e. The molecule has 0 amide bonds. The highest BCUT2D eigenvalue weighted by Crippen LogP contribution is 2.53. The minimum atomic E-state index is -2.38. The van der Waals surface area contributed by atoms with E-state index in [-0.39, 0.29) is 5.88 Å². The molecule has 1 aromatic heterocycles. The van der Waals surface area contributed by atoms with Gasteiger partial charge in [-0.1, -0.05) is 5.16 Å². The summed E-state index contributed by atoms with van der Waals surface area (Å²) < 4.78 is 29.9. The lowest BCUT2D eigenvalue weighted by atomic mass is 10.00. The van der Waals surface area contributed by atoms with Gasteiger partial charge in [-0.2, -0.15) is 0 Å². The van der Waals surface area contributed by atoms with Gasteiger partial charge in [-0.15, -0.1) is 0 Å². The smallest absolute Gasteiger partial charge is 0.249 e. The second kappa shape index (κ2) is 2.43. The summed E-state index contributed by atoms with van der Waals surface area (Å²) in [5.74, 6) is 0.141. The largest absolute Gasteiger partial charge is 0.367 e. The van der Waals surface area contributed by atoms with E-state index < -0.39 is 11.8 Å². The predicted octanol–water partition coefficient (Wildman–Crippen LogP) is 1.86. The molecule has 1 aliphatic rings. The summed E-state index contributed by atoms with van der Waals surface area (Å²) in [5, 5.41) is 3.59. The fraction of sp³-hybridized carbons (Fsp3) is 0.625. The van der Waals surface area contributed by atoms with Gasteiger partial charge in [0.15, 0.2) is 0 Å². The summed E-state index contributed by atoms with van der Waals surface area (Å²) in [6.45, 7) is 1.66. The van der Waals surface area contributed by atoms with Gasteiger partial charge in [0.25, 0.3) is 0 Å². The lowest BCUT2D eigenvalue weighted by Gasteiger charge is -2.10. The van der Waals surface area contributed by atoms with Gasteiger partial charge in [0, 0.05) is 5.56 Å². The van der Waals surface area contributed by atoms with Gasteiger partial charge in [0.05, 0.1) is 5.41 Å². The van der Waals surface area contributed by atoms with Crippen molar-refractivity contribution in [1.29, 1.82) is 0 Å². The number of nitrogens with two attached hydrogens (primary N) is 1. The predicted molar refractivity (Wildman–Crippen MR) is 42.6 cm³/mol. The van der Waals surface area contributed by atoms with E-state index in [2.05, 4.69) is 9.68 Å². The van der Waals surface area contributed by atoms with E-state index in [0.717, 1.165) is 0 Å². The Balaban J connectivity index is 2.41. The summed E-state index contributed by atoms with van der Waals surface area (Å²) in [6.07, 6.45) is -1.44. The first-order chi connectivity index (χ1) is 6.08. The zero-order chi connectivity index (χ0) is 9.64. The highest BCUT2D eigenvalue weighted by atomic mass is 19.3. The van der Waals surface area contributed by atoms with Crippen LogP contribution in [0.4, 0.5) is 14.7 Å². The van der Waals surface area contributed by atoms with E-state index >= 15 is 0 Å². The number of anilines is 1. The molecule has 0 spiro atoms. The van der Waals surface area contributed by atoms with E-state index in [0.29, 0.717) is 24.1 Å². The highest BCUT2D eigenvalue weighted by Gasteiger charge is 2.55. The number of aromatic nitrogens is 1. The zero-order valence-corrected chi connectivity index (χ0v) is 7.18. The van der Waals surface area contributed by atoms with Crippen LogP contribution in [0.5, 0.6) is 0 Å². The van der Waals surface area contributed by atoms with Gasteiger partial charge in [0.1, 0.15) is 5.69 Å². The average molecular weight is 188 g/mol. The lowest BCUT2D eigenvalue weighted by Crippen LogP contribution is -2.18. The summed E-state index contributed by atoms with van der Waals surface area (Å²) in [7, 11) is 0. The van der Waals surface area contributed by atoms with Crippen LogP contribution >= 0.6 is 0 Å². The molecule has 1 aliphatic carbocycles. The van der Waals surface area contributed by atoms with Crippen molar-refractivity contribution in [3.05, 3.63) is 11.3 Å². The standard InChI is InChI=1S/C8H10F2N2O/c1-4-5(12-13-6(4)11)8(2-3-8)7(9)10/h7H,2-3,11H2,1H3. The maximum atomic E-state index is 12.6. The second-order valence-corrected chi connectivity index (χ2v) is 3.48. The topological polar surface area (TPSA) is 52.0 Å². The number of hydrogen-bond acceptors (Lipinski definition) is 3. The van der Waals surface area contributed by atoms with Crippen LogP contribution in [0.1, 0.15) is 24.1 Å². The third kappa shape index (κ3) is 1.03. The van der Waals surface area contributed by atoms with Crippen LogP contribution in [0.3, 0.4) is 0 Å². The molecule has 5 heteroatoms. The number of halogens is 2. The van der Waals surface area contributed by atoms with E-state index in [9.17, 15) is 8.78 Å². The zero-order valence-electron chi connectivity index (χ0n) is 7.18. The van der Waals surface area contributed by atoms with Crippen molar-refractivity contribution in [1.82, 2.24) is 5.16 Å². The van der Waals surface area contributed by atoms with Gasteiger partial charge in [-0.05, 0) is 19.8 Å².